The molecule has 3 rings (SSSR count). The van der Waals surface area contributed by atoms with E-state index in [1.165, 1.54) is 5.56 Å². The van der Waals surface area contributed by atoms with Crippen LogP contribution in [0.3, 0.4) is 0 Å². The number of nitrogens with zero attached hydrogens (tertiary/aromatic N) is 2. The number of benzene rings is 1. The lowest BCUT2D eigenvalue weighted by molar-refractivity contribution is -0.120. The molecule has 24 heavy (non-hydrogen) atoms. The molecule has 1 atom stereocenters. The topological polar surface area (TPSA) is 61.0 Å². The van der Waals surface area contributed by atoms with Crippen LogP contribution in [0.15, 0.2) is 30.3 Å². The molecular formula is C19H26N4O. The van der Waals surface area contributed by atoms with Crippen LogP contribution in [0.25, 0.3) is 0 Å². The van der Waals surface area contributed by atoms with Gasteiger partial charge in [0.15, 0.2) is 0 Å². The van der Waals surface area contributed by atoms with Gasteiger partial charge in [-0.15, -0.1) is 0 Å². The minimum Gasteiger partial charge on any atom is -0.355 e. The normalized spacial score (nSPS) is 18.0. The number of amides is 1. The lowest BCUT2D eigenvalue weighted by Gasteiger charge is -2.16. The van der Waals surface area contributed by atoms with Gasteiger partial charge in [0.25, 0.3) is 0 Å². The van der Waals surface area contributed by atoms with Gasteiger partial charge < -0.3 is 5.32 Å². The summed E-state index contributed by atoms with van der Waals surface area (Å²) in [5, 5.41) is 10.2. The van der Waals surface area contributed by atoms with E-state index < -0.39 is 0 Å². The van der Waals surface area contributed by atoms with Crippen LogP contribution in [0.4, 0.5) is 0 Å². The van der Waals surface area contributed by atoms with Crippen molar-refractivity contribution in [3.05, 3.63) is 52.8 Å². The molecule has 2 heterocycles. The molecule has 5 nitrogen and oxygen atoms in total. The third-order valence-corrected chi connectivity index (χ3v) is 4.82. The zero-order chi connectivity index (χ0) is 16.9. The van der Waals surface area contributed by atoms with Gasteiger partial charge in [-0.05, 0) is 38.3 Å². The lowest BCUT2D eigenvalue weighted by Crippen LogP contribution is -2.32. The quantitative estimate of drug-likeness (QED) is 0.855. The molecule has 1 aromatic carbocycles. The van der Waals surface area contributed by atoms with Gasteiger partial charge in [0.05, 0.1) is 12.1 Å². The predicted octanol–water partition coefficient (Wildman–Crippen LogP) is 2.21. The van der Waals surface area contributed by atoms with Gasteiger partial charge in [-0.2, -0.15) is 5.10 Å². The largest absolute Gasteiger partial charge is 0.355 e. The Balaban J connectivity index is 1.42. The van der Waals surface area contributed by atoms with Gasteiger partial charge in [-0.3, -0.25) is 14.8 Å². The molecule has 1 unspecified atom stereocenters. The highest BCUT2D eigenvalue weighted by Gasteiger charge is 2.23. The van der Waals surface area contributed by atoms with Gasteiger partial charge >= 0.3 is 0 Å². The number of aryl methyl sites for hydroxylation is 2. The second-order valence-corrected chi connectivity index (χ2v) is 6.77. The first-order valence-corrected chi connectivity index (χ1v) is 8.65. The first-order valence-electron chi connectivity index (χ1n) is 8.65. The van der Waals surface area contributed by atoms with Gasteiger partial charge in [0.2, 0.25) is 5.91 Å². The molecular weight excluding hydrogens is 300 g/mol. The Labute approximate surface area is 143 Å². The summed E-state index contributed by atoms with van der Waals surface area (Å²) in [5.41, 5.74) is 4.27. The fourth-order valence-electron chi connectivity index (χ4n) is 3.38. The average Bonchev–Trinajstić information content (AvgIpc) is 3.15. The molecule has 128 valence electrons. The van der Waals surface area contributed by atoms with E-state index in [1.807, 2.05) is 13.8 Å². The van der Waals surface area contributed by atoms with Gasteiger partial charge in [-0.1, -0.05) is 30.3 Å². The molecule has 0 radical (unpaired) electrons. The zero-order valence-electron chi connectivity index (χ0n) is 14.5. The molecule has 1 fully saturated rings. The number of carbonyl (C=O) groups excluding carboxylic acids is 1. The Morgan fingerprint density at radius 3 is 2.83 bits per heavy atom. The second kappa shape index (κ2) is 7.62. The smallest absolute Gasteiger partial charge is 0.224 e. The number of likely N-dealkylation sites (tertiary alicyclic amines) is 1. The summed E-state index contributed by atoms with van der Waals surface area (Å²) >= 11 is 0. The van der Waals surface area contributed by atoms with E-state index in [0.717, 1.165) is 49.6 Å². The van der Waals surface area contributed by atoms with Crippen molar-refractivity contribution in [1.82, 2.24) is 20.4 Å². The molecule has 2 aromatic rings. The Morgan fingerprint density at radius 1 is 1.33 bits per heavy atom. The molecule has 0 bridgehead atoms. The van der Waals surface area contributed by atoms with Crippen LogP contribution in [-0.2, 0) is 17.8 Å². The van der Waals surface area contributed by atoms with E-state index >= 15 is 0 Å². The van der Waals surface area contributed by atoms with Crippen LogP contribution >= 0.6 is 0 Å². The number of H-pyrrole nitrogens is 1. The van der Waals surface area contributed by atoms with E-state index in [4.69, 9.17) is 0 Å². The third kappa shape index (κ3) is 4.23. The summed E-state index contributed by atoms with van der Waals surface area (Å²) in [6.45, 7) is 7.82. The maximum Gasteiger partial charge on any atom is 0.224 e. The Kier molecular flexibility index (Phi) is 5.30. The standard InChI is InChI=1S/C19H26N4O/c1-14-18(15(2)22-21-14)10-19(24)20-11-17-8-9-23(13-17)12-16-6-4-3-5-7-16/h3-7,17H,8-13H2,1-2H3,(H,20,24)(H,21,22). The van der Waals surface area contributed by atoms with E-state index in [0.29, 0.717) is 12.3 Å². The molecule has 0 spiro atoms. The number of rotatable bonds is 6. The van der Waals surface area contributed by atoms with E-state index in [1.54, 1.807) is 0 Å². The summed E-state index contributed by atoms with van der Waals surface area (Å²) in [4.78, 5) is 14.6. The zero-order valence-corrected chi connectivity index (χ0v) is 14.5. The maximum absolute atomic E-state index is 12.2. The first kappa shape index (κ1) is 16.7. The lowest BCUT2D eigenvalue weighted by atomic mass is 10.1. The summed E-state index contributed by atoms with van der Waals surface area (Å²) in [7, 11) is 0. The van der Waals surface area contributed by atoms with Crippen LogP contribution in [0, 0.1) is 19.8 Å². The van der Waals surface area contributed by atoms with Crippen molar-refractivity contribution in [2.75, 3.05) is 19.6 Å². The average molecular weight is 326 g/mol. The second-order valence-electron chi connectivity index (χ2n) is 6.77. The highest BCUT2D eigenvalue weighted by Crippen LogP contribution is 2.18. The van der Waals surface area contributed by atoms with Crippen molar-refractivity contribution >= 4 is 5.91 Å². The van der Waals surface area contributed by atoms with Crippen LogP contribution in [-0.4, -0.2) is 40.6 Å². The predicted molar refractivity (Wildman–Crippen MR) is 94.6 cm³/mol. The van der Waals surface area contributed by atoms with Crippen LogP contribution in [0.1, 0.15) is 28.9 Å². The molecule has 1 amide bonds. The third-order valence-electron chi connectivity index (χ3n) is 4.82. The molecule has 1 saturated heterocycles. The number of nitrogens with one attached hydrogen (secondary N) is 2. The summed E-state index contributed by atoms with van der Waals surface area (Å²) in [5.74, 6) is 0.633. The molecule has 1 aliphatic heterocycles. The minimum atomic E-state index is 0.0871. The van der Waals surface area contributed by atoms with Crippen molar-refractivity contribution in [3.8, 4) is 0 Å². The Bertz CT molecular complexity index is 660. The number of aromatic amines is 1. The first-order chi connectivity index (χ1) is 11.6. The van der Waals surface area contributed by atoms with E-state index in [-0.39, 0.29) is 5.91 Å². The van der Waals surface area contributed by atoms with Crippen molar-refractivity contribution in [2.45, 2.75) is 33.2 Å². The highest BCUT2D eigenvalue weighted by atomic mass is 16.1. The van der Waals surface area contributed by atoms with Crippen molar-refractivity contribution < 1.29 is 4.79 Å². The minimum absolute atomic E-state index is 0.0871. The van der Waals surface area contributed by atoms with Gasteiger partial charge in [0, 0.05) is 30.9 Å². The molecule has 1 aromatic heterocycles. The molecule has 0 aliphatic carbocycles. The van der Waals surface area contributed by atoms with Gasteiger partial charge in [0.1, 0.15) is 0 Å². The molecule has 2 N–H and O–H groups in total. The number of carbonyl (C=O) groups is 1. The maximum atomic E-state index is 12.2. The van der Waals surface area contributed by atoms with Crippen molar-refractivity contribution in [3.63, 3.8) is 0 Å². The van der Waals surface area contributed by atoms with Crippen LogP contribution < -0.4 is 5.32 Å². The number of hydrogen-bond donors (Lipinski definition) is 2. The van der Waals surface area contributed by atoms with Gasteiger partial charge in [-0.25, -0.2) is 0 Å². The Hall–Kier alpha value is -2.14. The summed E-state index contributed by atoms with van der Waals surface area (Å²) in [6, 6.07) is 10.6. The summed E-state index contributed by atoms with van der Waals surface area (Å²) < 4.78 is 0. The SMILES string of the molecule is Cc1n[nH]c(C)c1CC(=O)NCC1CCN(Cc2ccccc2)C1. The van der Waals surface area contributed by atoms with Crippen LogP contribution in [0.5, 0.6) is 0 Å². The number of hydrogen-bond acceptors (Lipinski definition) is 3. The van der Waals surface area contributed by atoms with E-state index in [9.17, 15) is 4.79 Å². The number of aromatic nitrogens is 2. The van der Waals surface area contributed by atoms with Crippen molar-refractivity contribution in [1.29, 1.82) is 0 Å². The van der Waals surface area contributed by atoms with Crippen molar-refractivity contribution in [2.24, 2.45) is 5.92 Å². The summed E-state index contributed by atoms with van der Waals surface area (Å²) in [6.07, 6.45) is 1.56. The molecule has 1 aliphatic rings. The fraction of sp³-hybridized carbons (Fsp3) is 0.474. The molecule has 5 heteroatoms. The highest BCUT2D eigenvalue weighted by molar-refractivity contribution is 5.79. The fourth-order valence-corrected chi connectivity index (χ4v) is 3.38. The van der Waals surface area contributed by atoms with Crippen LogP contribution in [0.2, 0.25) is 0 Å². The molecule has 0 saturated carbocycles. The Morgan fingerprint density at radius 2 is 2.12 bits per heavy atom. The van der Waals surface area contributed by atoms with E-state index in [2.05, 4.69) is 50.7 Å². The monoisotopic (exact) mass is 326 g/mol.